The van der Waals surface area contributed by atoms with Crippen molar-refractivity contribution in [3.63, 3.8) is 0 Å². The van der Waals surface area contributed by atoms with E-state index in [0.29, 0.717) is 30.6 Å². The van der Waals surface area contributed by atoms with Crippen molar-refractivity contribution in [2.24, 2.45) is 5.92 Å². The van der Waals surface area contributed by atoms with E-state index in [2.05, 4.69) is 56.4 Å². The number of ether oxygens (including phenoxy) is 3. The van der Waals surface area contributed by atoms with Crippen LogP contribution in [-0.2, 0) is 9.47 Å². The van der Waals surface area contributed by atoms with Crippen molar-refractivity contribution in [2.45, 2.75) is 77.9 Å². The molecule has 33 heavy (non-hydrogen) atoms. The molecular weight excluding hydrogens is 437 g/mol. The molecule has 1 aliphatic carbocycles. The van der Waals surface area contributed by atoms with E-state index in [1.807, 2.05) is 6.33 Å². The maximum absolute atomic E-state index is 6.31. The fourth-order valence-corrected chi connectivity index (χ4v) is 4.27. The molecule has 1 aliphatic rings. The Kier molecular flexibility index (Phi) is 10.4. The Labute approximate surface area is 200 Å². The summed E-state index contributed by atoms with van der Waals surface area (Å²) in [7, 11) is 2.45. The highest BCUT2D eigenvalue weighted by Crippen LogP contribution is 2.42. The van der Waals surface area contributed by atoms with Crippen LogP contribution in [0.4, 0.5) is 5.95 Å². The number of fused-ring (bicyclic) bond motifs is 1. The lowest BCUT2D eigenvalue weighted by Crippen LogP contribution is -2.24. The Balaban J connectivity index is 1.86. The maximum atomic E-state index is 6.31. The molecule has 8 nitrogen and oxygen atoms in total. The lowest BCUT2D eigenvalue weighted by Gasteiger charge is -2.21. The van der Waals surface area contributed by atoms with Gasteiger partial charge in [-0.25, -0.2) is 4.98 Å². The summed E-state index contributed by atoms with van der Waals surface area (Å²) in [6, 6.07) is 0.0390. The molecule has 0 bridgehead atoms. The van der Waals surface area contributed by atoms with Crippen molar-refractivity contribution in [2.75, 3.05) is 31.5 Å². The molecule has 0 radical (unpaired) electrons. The van der Waals surface area contributed by atoms with Crippen LogP contribution in [0.3, 0.4) is 0 Å². The van der Waals surface area contributed by atoms with Gasteiger partial charge in [0.25, 0.3) is 0 Å². The van der Waals surface area contributed by atoms with E-state index in [-0.39, 0.29) is 18.1 Å². The Bertz CT molecular complexity index is 890. The summed E-state index contributed by atoms with van der Waals surface area (Å²) in [5, 5.41) is 2.97. The molecule has 1 saturated carbocycles. The van der Waals surface area contributed by atoms with E-state index in [1.54, 1.807) is 0 Å². The molecule has 2 aromatic rings. The quantitative estimate of drug-likeness (QED) is 0.211. The summed E-state index contributed by atoms with van der Waals surface area (Å²) >= 11 is 0. The summed E-state index contributed by atoms with van der Waals surface area (Å²) < 4.78 is 20.4. The van der Waals surface area contributed by atoms with Crippen molar-refractivity contribution in [3.8, 4) is 5.88 Å². The normalized spacial score (nSPS) is 20.6. The van der Waals surface area contributed by atoms with Crippen LogP contribution in [0.5, 0.6) is 5.88 Å². The van der Waals surface area contributed by atoms with Gasteiger partial charge in [0.1, 0.15) is 0 Å². The highest BCUT2D eigenvalue weighted by Gasteiger charge is 2.40. The third kappa shape index (κ3) is 6.43. The van der Waals surface area contributed by atoms with Crippen LogP contribution in [0.1, 0.15) is 71.8 Å². The SMILES string of the molecule is C=C1[C@H](COCCCC)[C@@H](OCCCC)C[C@@H]1n1cnc2c(OCCCC)nc(NP)nc21. The van der Waals surface area contributed by atoms with Crippen LogP contribution < -0.4 is 9.82 Å². The molecule has 0 spiro atoms. The Morgan fingerprint density at radius 2 is 1.82 bits per heavy atom. The third-order valence-corrected chi connectivity index (χ3v) is 6.43. The lowest BCUT2D eigenvalue weighted by molar-refractivity contribution is -0.00165. The number of aromatic nitrogens is 4. The molecule has 0 aromatic carbocycles. The van der Waals surface area contributed by atoms with Crippen molar-refractivity contribution in [3.05, 3.63) is 18.5 Å². The fraction of sp³-hybridized carbons (Fsp3) is 0.708. The molecule has 4 atom stereocenters. The van der Waals surface area contributed by atoms with E-state index in [9.17, 15) is 0 Å². The molecule has 0 aliphatic heterocycles. The second-order valence-electron chi connectivity index (χ2n) is 8.65. The molecule has 0 amide bonds. The number of anilines is 1. The highest BCUT2D eigenvalue weighted by atomic mass is 31.0. The predicted octanol–water partition coefficient (Wildman–Crippen LogP) is 5.33. The topological polar surface area (TPSA) is 83.3 Å². The molecule has 0 saturated heterocycles. The summed E-state index contributed by atoms with van der Waals surface area (Å²) in [5.74, 6) is 1.15. The minimum Gasteiger partial charge on any atom is -0.476 e. The monoisotopic (exact) mass is 477 g/mol. The standard InChI is InChI=1S/C24H40N5O3P/c1-5-8-11-30-15-18-17(4)19(14-20(18)31-12-9-6-2)29-16-25-21-22(29)26-24(28-33)27-23(21)32-13-10-7-3/h16,18-20H,4-15,33H2,1-3H3,(H,26,27,28)/t18-,19-,20-/m0/s1. The molecule has 184 valence electrons. The third-order valence-electron chi connectivity index (χ3n) is 6.17. The molecule has 1 fully saturated rings. The first-order valence-electron chi connectivity index (χ1n) is 12.4. The molecule has 2 aromatic heterocycles. The van der Waals surface area contributed by atoms with Crippen LogP contribution in [0, 0.1) is 5.92 Å². The zero-order chi connectivity index (χ0) is 23.6. The molecule has 1 N–H and O–H groups in total. The zero-order valence-corrected chi connectivity index (χ0v) is 21.5. The number of nitrogens with zero attached hydrogens (tertiary/aromatic N) is 4. The molecule has 9 heteroatoms. The summed E-state index contributed by atoms with van der Waals surface area (Å²) in [6.45, 7) is 13.7. The van der Waals surface area contributed by atoms with Gasteiger partial charge in [0.05, 0.1) is 31.7 Å². The van der Waals surface area contributed by atoms with Gasteiger partial charge < -0.3 is 23.9 Å². The second kappa shape index (κ2) is 13.2. The van der Waals surface area contributed by atoms with E-state index in [1.165, 1.54) is 0 Å². The minimum atomic E-state index is 0.0390. The van der Waals surface area contributed by atoms with Crippen molar-refractivity contribution in [1.29, 1.82) is 0 Å². The first-order valence-corrected chi connectivity index (χ1v) is 12.9. The highest BCUT2D eigenvalue weighted by molar-refractivity contribution is 7.18. The molecule has 2 heterocycles. The summed E-state index contributed by atoms with van der Waals surface area (Å²) in [5.41, 5.74) is 2.53. The summed E-state index contributed by atoms with van der Waals surface area (Å²) in [4.78, 5) is 13.8. The fourth-order valence-electron chi connectivity index (χ4n) is 4.15. The van der Waals surface area contributed by atoms with Gasteiger partial charge >= 0.3 is 0 Å². The Morgan fingerprint density at radius 1 is 1.09 bits per heavy atom. The molecule has 3 rings (SSSR count). The molecular formula is C24H40N5O3P. The lowest BCUT2D eigenvalue weighted by atomic mass is 10.0. The number of unbranched alkanes of at least 4 members (excludes halogenated alkanes) is 3. The largest absolute Gasteiger partial charge is 0.476 e. The number of rotatable bonds is 15. The van der Waals surface area contributed by atoms with Crippen LogP contribution in [0.15, 0.2) is 18.5 Å². The zero-order valence-electron chi connectivity index (χ0n) is 20.4. The van der Waals surface area contributed by atoms with Crippen LogP contribution in [0.25, 0.3) is 11.2 Å². The van der Waals surface area contributed by atoms with Crippen LogP contribution >= 0.6 is 9.39 Å². The second-order valence-corrected chi connectivity index (χ2v) is 8.94. The average Bonchev–Trinajstić information content (AvgIpc) is 3.38. The van der Waals surface area contributed by atoms with Gasteiger partial charge in [0.2, 0.25) is 11.8 Å². The van der Waals surface area contributed by atoms with Crippen molar-refractivity contribution >= 4 is 26.5 Å². The summed E-state index contributed by atoms with van der Waals surface area (Å²) in [6.07, 6.45) is 9.12. The number of nitrogens with one attached hydrogen (secondary N) is 1. The average molecular weight is 478 g/mol. The van der Waals surface area contributed by atoms with Gasteiger partial charge in [0, 0.05) is 19.1 Å². The number of hydrogen-bond acceptors (Lipinski definition) is 7. The minimum absolute atomic E-state index is 0.0390. The Hall–Kier alpha value is -1.76. The van der Waals surface area contributed by atoms with Crippen LogP contribution in [0.2, 0.25) is 0 Å². The predicted molar refractivity (Wildman–Crippen MR) is 136 cm³/mol. The first kappa shape index (κ1) is 25.9. The van der Waals surface area contributed by atoms with Crippen molar-refractivity contribution in [1.82, 2.24) is 19.5 Å². The van der Waals surface area contributed by atoms with Gasteiger partial charge in [-0.2, -0.15) is 9.97 Å². The molecule has 1 unspecified atom stereocenters. The van der Waals surface area contributed by atoms with E-state index in [0.717, 1.165) is 69.4 Å². The smallest absolute Gasteiger partial charge is 0.247 e. The Morgan fingerprint density at radius 3 is 2.55 bits per heavy atom. The first-order chi connectivity index (χ1) is 16.1. The van der Waals surface area contributed by atoms with E-state index in [4.69, 9.17) is 19.2 Å². The van der Waals surface area contributed by atoms with Gasteiger partial charge in [0.15, 0.2) is 11.2 Å². The maximum Gasteiger partial charge on any atom is 0.247 e. The van der Waals surface area contributed by atoms with Gasteiger partial charge in [-0.3, -0.25) is 0 Å². The van der Waals surface area contributed by atoms with Gasteiger partial charge in [-0.1, -0.05) is 46.6 Å². The van der Waals surface area contributed by atoms with E-state index < -0.39 is 0 Å². The van der Waals surface area contributed by atoms with Gasteiger partial charge in [-0.15, -0.1) is 0 Å². The number of hydrogen-bond donors (Lipinski definition) is 1. The van der Waals surface area contributed by atoms with Gasteiger partial charge in [-0.05, 0) is 40.6 Å². The van der Waals surface area contributed by atoms with E-state index >= 15 is 0 Å². The van der Waals surface area contributed by atoms with Crippen molar-refractivity contribution < 1.29 is 14.2 Å². The number of imidazole rings is 1. The van der Waals surface area contributed by atoms with Crippen LogP contribution in [-0.4, -0.2) is 52.1 Å².